The fourth-order valence-corrected chi connectivity index (χ4v) is 4.02. The third kappa shape index (κ3) is 23.6. The maximum absolute atomic E-state index is 8.70. The Bertz CT molecular complexity index is 2300. The number of aromatic nitrogens is 4. The molecule has 1 aromatic carbocycles. The van der Waals surface area contributed by atoms with Gasteiger partial charge in [0.2, 0.25) is 5.95 Å². The van der Waals surface area contributed by atoms with Crippen molar-refractivity contribution in [1.29, 1.82) is 5.41 Å². The SMILES string of the molecule is C#CC#CC#CC#CC#C.CC(C)c1ncc(Cl)cc1Oc1cnc(N)nc1N.N=C(N)N.O=COO.[C-]#[N+]/C(=C/Cc1ccccc1)Oc1cc(Cl)cnc1C(C)C.[HH]. The summed E-state index contributed by atoms with van der Waals surface area (Å²) in [5.74, 6) is 20.3. The first-order valence-electron chi connectivity index (χ1n) is 16.5. The topological polar surface area (TPSA) is 249 Å². The normalized spacial score (nSPS) is 9.02. The van der Waals surface area contributed by atoms with Crippen LogP contribution in [0.25, 0.3) is 4.85 Å². The second kappa shape index (κ2) is 30.3. The van der Waals surface area contributed by atoms with Crippen molar-refractivity contribution in [2.45, 2.75) is 46.0 Å². The third-order valence-electron chi connectivity index (χ3n) is 5.99. The van der Waals surface area contributed by atoms with Crippen molar-refractivity contribution in [3.8, 4) is 77.5 Å². The summed E-state index contributed by atoms with van der Waals surface area (Å²) in [7, 11) is 0. The van der Waals surface area contributed by atoms with Gasteiger partial charge in [0.1, 0.15) is 5.75 Å². The number of benzene rings is 1. The van der Waals surface area contributed by atoms with Crippen LogP contribution >= 0.6 is 23.2 Å². The first-order chi connectivity index (χ1) is 28.1. The zero-order valence-corrected chi connectivity index (χ0v) is 33.8. The number of halogens is 2. The van der Waals surface area contributed by atoms with Crippen molar-refractivity contribution in [1.82, 2.24) is 19.9 Å². The van der Waals surface area contributed by atoms with E-state index in [1.807, 2.05) is 58.0 Å². The molecule has 4 aromatic rings. The van der Waals surface area contributed by atoms with Gasteiger partial charge in [-0.3, -0.25) is 20.2 Å². The number of carbonyl (C=O) groups is 1. The molecule has 4 rings (SSSR count). The van der Waals surface area contributed by atoms with Crippen LogP contribution in [0.3, 0.4) is 0 Å². The minimum Gasteiger partial charge on any atom is -0.479 e. The van der Waals surface area contributed by atoms with E-state index < -0.39 is 0 Å². The maximum atomic E-state index is 8.70. The molecule has 10 N–H and O–H groups in total. The van der Waals surface area contributed by atoms with Gasteiger partial charge in [-0.25, -0.2) is 10.2 Å². The highest BCUT2D eigenvalue weighted by molar-refractivity contribution is 6.30. The second-order valence-electron chi connectivity index (χ2n) is 11.1. The van der Waals surface area contributed by atoms with Gasteiger partial charge in [0.05, 0.1) is 34.2 Å². The Morgan fingerprint density at radius 2 is 1.36 bits per heavy atom. The molecule has 0 spiro atoms. The molecule has 0 aliphatic carbocycles. The van der Waals surface area contributed by atoms with Crippen molar-refractivity contribution < 1.29 is 25.8 Å². The predicted octanol–water partition coefficient (Wildman–Crippen LogP) is 6.83. The summed E-state index contributed by atoms with van der Waals surface area (Å²) in [4.78, 5) is 31.2. The van der Waals surface area contributed by atoms with Crippen LogP contribution in [0.1, 0.15) is 57.9 Å². The Labute approximate surface area is 355 Å². The molecule has 0 unspecified atom stereocenters. The molecule has 17 heteroatoms. The molecule has 59 heavy (non-hydrogen) atoms. The maximum Gasteiger partial charge on any atom is 0.342 e. The van der Waals surface area contributed by atoms with Gasteiger partial charge < -0.3 is 37.3 Å². The summed E-state index contributed by atoms with van der Waals surface area (Å²) >= 11 is 11.9. The number of hydrogen-bond donors (Lipinski definition) is 6. The number of terminal acetylenes is 2. The van der Waals surface area contributed by atoms with Crippen LogP contribution in [0.15, 0.2) is 73.0 Å². The van der Waals surface area contributed by atoms with Crippen molar-refractivity contribution in [3.05, 3.63) is 111 Å². The van der Waals surface area contributed by atoms with Crippen molar-refractivity contribution in [2.75, 3.05) is 11.5 Å². The van der Waals surface area contributed by atoms with E-state index in [1.165, 1.54) is 6.20 Å². The average molecular weight is 838 g/mol. The summed E-state index contributed by atoms with van der Waals surface area (Å²) in [5, 5.41) is 14.0. The second-order valence-corrected chi connectivity index (χ2v) is 12.0. The smallest absolute Gasteiger partial charge is 0.342 e. The van der Waals surface area contributed by atoms with Gasteiger partial charge in [-0.15, -0.1) is 12.8 Å². The molecule has 0 aliphatic heterocycles. The van der Waals surface area contributed by atoms with Crippen LogP contribution in [0.2, 0.25) is 10.0 Å². The zero-order chi connectivity index (χ0) is 44.6. The average Bonchev–Trinajstić information content (AvgIpc) is 3.19. The lowest BCUT2D eigenvalue weighted by Gasteiger charge is -2.13. The summed E-state index contributed by atoms with van der Waals surface area (Å²) in [5.41, 5.74) is 22.8. The van der Waals surface area contributed by atoms with Gasteiger partial charge in [-0.1, -0.05) is 81.2 Å². The molecular weight excluding hydrogens is 795 g/mol. The van der Waals surface area contributed by atoms with Gasteiger partial charge in [0, 0.05) is 26.0 Å². The van der Waals surface area contributed by atoms with E-state index in [2.05, 4.69) is 88.5 Å². The number of nitrogens with one attached hydrogen (secondary N) is 1. The van der Waals surface area contributed by atoms with Crippen LogP contribution in [0.5, 0.6) is 17.2 Å². The number of allylic oxidation sites excluding steroid dienone is 1. The first kappa shape index (κ1) is 51.1. The first-order valence-corrected chi connectivity index (χ1v) is 17.3. The molecule has 304 valence electrons. The number of nitrogens with two attached hydrogens (primary N) is 4. The Morgan fingerprint density at radius 3 is 1.80 bits per heavy atom. The van der Waals surface area contributed by atoms with Gasteiger partial charge in [0.15, 0.2) is 23.3 Å². The number of guanidine groups is 1. The number of ether oxygens (including phenoxy) is 2. The fraction of sp³-hybridized carbons (Fsp3) is 0.167. The van der Waals surface area contributed by atoms with Crippen molar-refractivity contribution in [3.63, 3.8) is 0 Å². The predicted molar refractivity (Wildman–Crippen MR) is 232 cm³/mol. The summed E-state index contributed by atoms with van der Waals surface area (Å²) in [6.45, 7) is 15.3. The van der Waals surface area contributed by atoms with Gasteiger partial charge in [0.25, 0.3) is 0 Å². The van der Waals surface area contributed by atoms with Gasteiger partial charge in [-0.2, -0.15) is 9.83 Å². The Morgan fingerprint density at radius 1 is 0.881 bits per heavy atom. The lowest BCUT2D eigenvalue weighted by molar-refractivity contribution is -0.217. The van der Waals surface area contributed by atoms with E-state index in [9.17, 15) is 0 Å². The number of rotatable bonds is 9. The van der Waals surface area contributed by atoms with Crippen LogP contribution in [0.4, 0.5) is 11.8 Å². The van der Waals surface area contributed by atoms with Crippen molar-refractivity contribution >= 4 is 47.4 Å². The van der Waals surface area contributed by atoms with E-state index in [1.54, 1.807) is 30.6 Å². The Balaban J connectivity index is 0. The Kier molecular flexibility index (Phi) is 26.3. The molecular formula is C42H42Cl2N10O5. The lowest BCUT2D eigenvalue weighted by atomic mass is 10.1. The van der Waals surface area contributed by atoms with E-state index in [0.717, 1.165) is 17.0 Å². The van der Waals surface area contributed by atoms with E-state index in [4.69, 9.17) is 79.0 Å². The van der Waals surface area contributed by atoms with Crippen LogP contribution in [-0.2, 0) is 16.1 Å². The molecule has 0 aliphatic rings. The largest absolute Gasteiger partial charge is 0.479 e. The number of nitrogens with zero attached hydrogens (tertiary/aromatic N) is 5. The Hall–Kier alpha value is -7.89. The van der Waals surface area contributed by atoms with Crippen LogP contribution in [-0.4, -0.2) is 37.6 Å². The van der Waals surface area contributed by atoms with Crippen molar-refractivity contribution in [2.24, 2.45) is 11.5 Å². The highest BCUT2D eigenvalue weighted by atomic mass is 35.5. The molecule has 0 amide bonds. The van der Waals surface area contributed by atoms with Crippen LogP contribution < -0.4 is 32.4 Å². The van der Waals surface area contributed by atoms with E-state index in [-0.39, 0.29) is 43.3 Å². The van der Waals surface area contributed by atoms with E-state index in [0.29, 0.717) is 33.7 Å². The monoisotopic (exact) mass is 836 g/mol. The standard InChI is InChI=1S/C18H17ClN2O.C12H14ClN5O.C10H2.CH5N3.CH2O3.H2/c1-13(2)18-16(11-15(19)12-21-18)22-17(20-3)10-9-14-7-5-4-6-8-14;1-6(2)10-8(3-7(13)4-16-10)19-9-5-17-12(15)18-11(9)14;1-3-5-7-9-10-8-6-4-2;2-1(3)4;2-1-4-3;/h4-8,10-13H,9H2,1-2H3;3-6H,1-2H3,(H4,14,15,17,18);1-2H;(H5,2,3,4);1,3H;1H/b17-10-;;;;;. The number of hydrogen-bond acceptors (Lipinski definition) is 12. The highest BCUT2D eigenvalue weighted by Crippen LogP contribution is 2.33. The zero-order valence-electron chi connectivity index (χ0n) is 32.3. The molecule has 0 bridgehead atoms. The van der Waals surface area contributed by atoms with Crippen LogP contribution in [0, 0.1) is 72.2 Å². The summed E-state index contributed by atoms with van der Waals surface area (Å²) < 4.78 is 11.4. The molecule has 0 atom stereocenters. The highest BCUT2D eigenvalue weighted by Gasteiger charge is 2.14. The molecule has 3 heterocycles. The third-order valence-corrected chi connectivity index (χ3v) is 6.41. The number of pyridine rings is 2. The quantitative estimate of drug-likeness (QED) is 0.0148. The fourth-order valence-electron chi connectivity index (χ4n) is 3.73. The summed E-state index contributed by atoms with van der Waals surface area (Å²) in [6, 6.07) is 13.3. The van der Waals surface area contributed by atoms with Gasteiger partial charge >= 0.3 is 12.4 Å². The number of nitrogen functional groups attached to an aromatic ring is 2. The minimum absolute atomic E-state index is 0. The van der Waals surface area contributed by atoms with E-state index >= 15 is 0 Å². The molecule has 3 aromatic heterocycles. The molecule has 0 radical (unpaired) electrons. The lowest BCUT2D eigenvalue weighted by Crippen LogP contribution is -2.20. The molecule has 0 saturated carbocycles. The molecule has 0 saturated heterocycles. The molecule has 15 nitrogen and oxygen atoms in total. The van der Waals surface area contributed by atoms with Gasteiger partial charge in [-0.05, 0) is 77.3 Å². The number of carbonyl (C=O) groups excluding carboxylic acids is 1. The number of anilines is 2. The summed E-state index contributed by atoms with van der Waals surface area (Å²) in [6.07, 6.45) is 16.6. The molecule has 0 fully saturated rings. The minimum atomic E-state index is -0.333.